The number of amides is 1. The smallest absolute Gasteiger partial charge is 0.255 e. The molecule has 1 aliphatic rings. The van der Waals surface area contributed by atoms with Crippen LogP contribution < -0.4 is 15.0 Å². The number of benzene rings is 1. The van der Waals surface area contributed by atoms with Crippen LogP contribution in [0, 0.1) is 0 Å². The van der Waals surface area contributed by atoms with Gasteiger partial charge in [-0.05, 0) is 57.3 Å². The van der Waals surface area contributed by atoms with E-state index in [1.165, 1.54) is 0 Å². The second-order valence-electron chi connectivity index (χ2n) is 6.84. The second-order valence-corrected chi connectivity index (χ2v) is 6.84. The summed E-state index contributed by atoms with van der Waals surface area (Å²) in [4.78, 5) is 21.5. The van der Waals surface area contributed by atoms with Crippen molar-refractivity contribution in [2.24, 2.45) is 0 Å². The third kappa shape index (κ3) is 4.73. The van der Waals surface area contributed by atoms with E-state index in [9.17, 15) is 4.79 Å². The number of aromatic nitrogens is 1. The summed E-state index contributed by atoms with van der Waals surface area (Å²) in [5.41, 5.74) is 1.35. The van der Waals surface area contributed by atoms with Crippen molar-refractivity contribution >= 4 is 17.4 Å². The van der Waals surface area contributed by atoms with Gasteiger partial charge in [0.2, 0.25) is 0 Å². The summed E-state index contributed by atoms with van der Waals surface area (Å²) in [6.45, 7) is 7.82. The topological polar surface area (TPSA) is 57.7 Å². The minimum absolute atomic E-state index is 0.125. The molecule has 0 radical (unpaired) electrons. The molecule has 1 aliphatic heterocycles. The van der Waals surface area contributed by atoms with E-state index in [4.69, 9.17) is 4.74 Å². The first-order chi connectivity index (χ1) is 12.5. The summed E-state index contributed by atoms with van der Waals surface area (Å²) in [5.74, 6) is 1.51. The second kappa shape index (κ2) is 8.19. The Hall–Kier alpha value is -2.60. The Kier molecular flexibility index (Phi) is 5.73. The van der Waals surface area contributed by atoms with E-state index in [1.807, 2.05) is 44.2 Å². The summed E-state index contributed by atoms with van der Waals surface area (Å²) >= 11 is 0. The zero-order valence-corrected chi connectivity index (χ0v) is 15.6. The summed E-state index contributed by atoms with van der Waals surface area (Å²) in [6, 6.07) is 11.0. The number of piperazine rings is 1. The van der Waals surface area contributed by atoms with E-state index in [0.29, 0.717) is 5.56 Å². The third-order valence-electron chi connectivity index (χ3n) is 4.32. The molecular weight excluding hydrogens is 328 g/mol. The van der Waals surface area contributed by atoms with Crippen LogP contribution in [-0.4, -0.2) is 55.1 Å². The minimum Gasteiger partial charge on any atom is -0.491 e. The standard InChI is InChI=1S/C20H26N4O2/c1-15(2)26-18-6-4-17(5-7-18)22-20(25)16-8-9-21-19(14-16)24-12-10-23(3)11-13-24/h4-9,14-15H,10-13H2,1-3H3,(H,22,25). The molecule has 0 spiro atoms. The number of nitrogens with zero attached hydrogens (tertiary/aromatic N) is 3. The van der Waals surface area contributed by atoms with E-state index in [-0.39, 0.29) is 12.0 Å². The van der Waals surface area contributed by atoms with Gasteiger partial charge in [-0.2, -0.15) is 0 Å². The molecule has 1 aromatic heterocycles. The van der Waals surface area contributed by atoms with Gasteiger partial charge in [-0.15, -0.1) is 0 Å². The highest BCUT2D eigenvalue weighted by molar-refractivity contribution is 6.04. The fourth-order valence-corrected chi connectivity index (χ4v) is 2.86. The number of likely N-dealkylation sites (N-methyl/N-ethyl adjacent to an activating group) is 1. The number of hydrogen-bond donors (Lipinski definition) is 1. The molecule has 6 heteroatoms. The first kappa shape index (κ1) is 18.2. The van der Waals surface area contributed by atoms with E-state index in [1.54, 1.807) is 12.3 Å². The summed E-state index contributed by atoms with van der Waals surface area (Å²) in [7, 11) is 2.12. The predicted molar refractivity (Wildman–Crippen MR) is 104 cm³/mol. The Bertz CT molecular complexity index is 738. The van der Waals surface area contributed by atoms with Crippen molar-refractivity contribution in [1.82, 2.24) is 9.88 Å². The zero-order chi connectivity index (χ0) is 18.5. The van der Waals surface area contributed by atoms with Crippen LogP contribution in [0.25, 0.3) is 0 Å². The highest BCUT2D eigenvalue weighted by Gasteiger charge is 2.16. The van der Waals surface area contributed by atoms with Crippen LogP contribution in [-0.2, 0) is 0 Å². The van der Waals surface area contributed by atoms with Crippen LogP contribution in [0.5, 0.6) is 5.75 Å². The van der Waals surface area contributed by atoms with Crippen molar-refractivity contribution in [3.05, 3.63) is 48.2 Å². The number of carbonyl (C=O) groups is 1. The van der Waals surface area contributed by atoms with E-state index in [2.05, 4.69) is 27.1 Å². The fraction of sp³-hybridized carbons (Fsp3) is 0.400. The number of pyridine rings is 1. The molecule has 0 saturated carbocycles. The van der Waals surface area contributed by atoms with Gasteiger partial charge in [0, 0.05) is 43.6 Å². The zero-order valence-electron chi connectivity index (χ0n) is 15.6. The molecule has 1 amide bonds. The molecule has 2 heterocycles. The van der Waals surface area contributed by atoms with Crippen molar-refractivity contribution in [3.8, 4) is 5.75 Å². The Labute approximate surface area is 154 Å². The molecule has 26 heavy (non-hydrogen) atoms. The van der Waals surface area contributed by atoms with Crippen molar-refractivity contribution in [2.45, 2.75) is 20.0 Å². The normalized spacial score (nSPS) is 15.2. The minimum atomic E-state index is -0.139. The van der Waals surface area contributed by atoms with Gasteiger partial charge in [0.1, 0.15) is 11.6 Å². The molecule has 0 atom stereocenters. The van der Waals surface area contributed by atoms with Crippen LogP contribution in [0.1, 0.15) is 24.2 Å². The molecule has 1 fully saturated rings. The Morgan fingerprint density at radius 3 is 2.46 bits per heavy atom. The maximum Gasteiger partial charge on any atom is 0.255 e. The maximum absolute atomic E-state index is 12.6. The number of nitrogens with one attached hydrogen (secondary N) is 1. The predicted octanol–water partition coefficient (Wildman–Crippen LogP) is 2.87. The lowest BCUT2D eigenvalue weighted by molar-refractivity contribution is 0.102. The average Bonchev–Trinajstić information content (AvgIpc) is 2.63. The Morgan fingerprint density at radius 2 is 1.81 bits per heavy atom. The monoisotopic (exact) mass is 354 g/mol. The number of carbonyl (C=O) groups excluding carboxylic acids is 1. The Balaban J connectivity index is 1.65. The number of rotatable bonds is 5. The molecule has 6 nitrogen and oxygen atoms in total. The van der Waals surface area contributed by atoms with Gasteiger partial charge >= 0.3 is 0 Å². The molecule has 138 valence electrons. The van der Waals surface area contributed by atoms with Crippen LogP contribution in [0.15, 0.2) is 42.6 Å². The van der Waals surface area contributed by atoms with Gasteiger partial charge in [0.05, 0.1) is 6.10 Å². The first-order valence-electron chi connectivity index (χ1n) is 8.99. The average molecular weight is 354 g/mol. The highest BCUT2D eigenvalue weighted by atomic mass is 16.5. The van der Waals surface area contributed by atoms with Gasteiger partial charge in [-0.1, -0.05) is 0 Å². The lowest BCUT2D eigenvalue weighted by Gasteiger charge is -2.33. The lowest BCUT2D eigenvalue weighted by Crippen LogP contribution is -2.44. The lowest BCUT2D eigenvalue weighted by atomic mass is 10.2. The van der Waals surface area contributed by atoms with Crippen LogP contribution in [0.4, 0.5) is 11.5 Å². The van der Waals surface area contributed by atoms with E-state index in [0.717, 1.165) is 43.4 Å². The molecular formula is C20H26N4O2. The quantitative estimate of drug-likeness (QED) is 0.895. The van der Waals surface area contributed by atoms with Gasteiger partial charge < -0.3 is 19.9 Å². The number of ether oxygens (including phenoxy) is 1. The first-order valence-corrected chi connectivity index (χ1v) is 8.99. The van der Waals surface area contributed by atoms with Crippen LogP contribution in [0.3, 0.4) is 0 Å². The maximum atomic E-state index is 12.6. The van der Waals surface area contributed by atoms with Crippen LogP contribution in [0.2, 0.25) is 0 Å². The van der Waals surface area contributed by atoms with Crippen LogP contribution >= 0.6 is 0 Å². The van der Waals surface area contributed by atoms with Crippen molar-refractivity contribution in [1.29, 1.82) is 0 Å². The molecule has 2 aromatic rings. The van der Waals surface area contributed by atoms with E-state index >= 15 is 0 Å². The largest absolute Gasteiger partial charge is 0.491 e. The molecule has 1 aromatic carbocycles. The third-order valence-corrected chi connectivity index (χ3v) is 4.32. The van der Waals surface area contributed by atoms with Gasteiger partial charge in [0.15, 0.2) is 0 Å². The SMILES string of the molecule is CC(C)Oc1ccc(NC(=O)c2ccnc(N3CCN(C)CC3)c2)cc1. The van der Waals surface area contributed by atoms with Crippen molar-refractivity contribution in [2.75, 3.05) is 43.4 Å². The molecule has 1 N–H and O–H groups in total. The van der Waals surface area contributed by atoms with Crippen molar-refractivity contribution < 1.29 is 9.53 Å². The van der Waals surface area contributed by atoms with Gasteiger partial charge in [-0.3, -0.25) is 4.79 Å². The Morgan fingerprint density at radius 1 is 1.12 bits per heavy atom. The summed E-state index contributed by atoms with van der Waals surface area (Å²) < 4.78 is 5.62. The van der Waals surface area contributed by atoms with E-state index < -0.39 is 0 Å². The van der Waals surface area contributed by atoms with Crippen molar-refractivity contribution in [3.63, 3.8) is 0 Å². The number of anilines is 2. The van der Waals surface area contributed by atoms with Gasteiger partial charge in [0.25, 0.3) is 5.91 Å². The molecule has 1 saturated heterocycles. The molecule has 3 rings (SSSR count). The summed E-state index contributed by atoms with van der Waals surface area (Å²) in [6.07, 6.45) is 1.82. The molecule has 0 aliphatic carbocycles. The van der Waals surface area contributed by atoms with Gasteiger partial charge in [-0.25, -0.2) is 4.98 Å². The molecule has 0 bridgehead atoms. The fourth-order valence-electron chi connectivity index (χ4n) is 2.86. The highest BCUT2D eigenvalue weighted by Crippen LogP contribution is 2.19. The number of hydrogen-bond acceptors (Lipinski definition) is 5. The molecule has 0 unspecified atom stereocenters. The summed E-state index contributed by atoms with van der Waals surface area (Å²) in [5, 5.41) is 2.93.